The van der Waals surface area contributed by atoms with Gasteiger partial charge < -0.3 is 0 Å². The Labute approximate surface area is 130 Å². The molecule has 0 aromatic rings. The normalized spacial score (nSPS) is 27.6. The van der Waals surface area contributed by atoms with Crippen molar-refractivity contribution >= 4 is 20.9 Å². The molecule has 2 atom stereocenters. The molecule has 1 aliphatic heterocycles. The molecule has 2 rings (SSSR count). The molecule has 1 saturated carbocycles. The van der Waals surface area contributed by atoms with Crippen molar-refractivity contribution in [3.63, 3.8) is 0 Å². The molecule has 0 spiro atoms. The van der Waals surface area contributed by atoms with Crippen molar-refractivity contribution in [1.82, 2.24) is 4.90 Å². The molecule has 3 nitrogen and oxygen atoms in total. The van der Waals surface area contributed by atoms with Gasteiger partial charge in [0.15, 0.2) is 0 Å². The summed E-state index contributed by atoms with van der Waals surface area (Å²) in [7, 11) is 4.23. The summed E-state index contributed by atoms with van der Waals surface area (Å²) >= 11 is 0.387. The van der Waals surface area contributed by atoms with E-state index in [1.807, 2.05) is 0 Å². The van der Waals surface area contributed by atoms with E-state index in [2.05, 4.69) is 45.2 Å². The molecule has 0 aromatic carbocycles. The Kier molecular flexibility index (Phi) is 6.38. The van der Waals surface area contributed by atoms with Crippen LogP contribution in [0.15, 0.2) is 0 Å². The third kappa shape index (κ3) is 4.47. The first kappa shape index (κ1) is 16.3. The maximum absolute atomic E-state index is 11.5. The van der Waals surface area contributed by atoms with Crippen molar-refractivity contribution in [3.05, 3.63) is 30.0 Å². The van der Waals surface area contributed by atoms with Gasteiger partial charge in [0.1, 0.15) is 0 Å². The van der Waals surface area contributed by atoms with Gasteiger partial charge in [-0.2, -0.15) is 0 Å². The van der Waals surface area contributed by atoms with Crippen molar-refractivity contribution in [2.24, 2.45) is 0 Å². The molecule has 111 valence electrons. The minimum absolute atomic E-state index is 0.00677. The molecule has 20 heavy (non-hydrogen) atoms. The predicted octanol–water partition coefficient (Wildman–Crippen LogP) is 2.28. The Balaban J connectivity index is 1.81. The molecule has 1 aliphatic carbocycles. The van der Waals surface area contributed by atoms with E-state index in [1.54, 1.807) is 0 Å². The zero-order valence-corrected chi connectivity index (χ0v) is 14.3. The van der Waals surface area contributed by atoms with Crippen LogP contribution in [0.5, 0.6) is 0 Å². The second kappa shape index (κ2) is 7.82. The van der Waals surface area contributed by atoms with Gasteiger partial charge in [0.25, 0.3) is 0 Å². The van der Waals surface area contributed by atoms with Crippen LogP contribution in [0, 0.1) is 30.0 Å². The van der Waals surface area contributed by atoms with Crippen molar-refractivity contribution in [1.29, 1.82) is 0 Å². The van der Waals surface area contributed by atoms with Crippen LogP contribution >= 0.6 is 0 Å². The number of ether oxygens (including phenoxy) is 1. The molecule has 1 saturated heterocycles. The van der Waals surface area contributed by atoms with Crippen LogP contribution in [-0.4, -0.2) is 52.1 Å². The van der Waals surface area contributed by atoms with E-state index >= 15 is 0 Å². The third-order valence-corrected chi connectivity index (χ3v) is 6.47. The quantitative estimate of drug-likeness (QED) is 0.568. The molecule has 1 heterocycles. The molecular formula is C16H24NO2Se. The SMILES string of the molecule is C[C@H]([C]1[CH][CH][CH][C]1[Se]C[C@H]1CCCCC(=O)O1)N(C)C. The molecular weight excluding hydrogens is 317 g/mol. The van der Waals surface area contributed by atoms with Gasteiger partial charge in [-0.3, -0.25) is 0 Å². The van der Waals surface area contributed by atoms with E-state index in [4.69, 9.17) is 4.74 Å². The summed E-state index contributed by atoms with van der Waals surface area (Å²) in [6.07, 6.45) is 10.5. The average Bonchev–Trinajstić information content (AvgIpc) is 2.78. The van der Waals surface area contributed by atoms with Crippen molar-refractivity contribution < 1.29 is 9.53 Å². The van der Waals surface area contributed by atoms with E-state index in [0.717, 1.165) is 24.6 Å². The maximum atomic E-state index is 11.5. The van der Waals surface area contributed by atoms with E-state index < -0.39 is 0 Å². The van der Waals surface area contributed by atoms with Crippen LogP contribution in [-0.2, 0) is 9.53 Å². The molecule has 5 radical (unpaired) electrons. The number of rotatable bonds is 5. The molecule has 0 aromatic heterocycles. The van der Waals surface area contributed by atoms with Crippen LogP contribution in [0.3, 0.4) is 0 Å². The van der Waals surface area contributed by atoms with Gasteiger partial charge in [-0.05, 0) is 0 Å². The summed E-state index contributed by atoms with van der Waals surface area (Å²) in [5.74, 6) is 1.42. The van der Waals surface area contributed by atoms with E-state index in [1.165, 1.54) is 10.7 Å². The van der Waals surface area contributed by atoms with Crippen LogP contribution in [0.1, 0.15) is 32.6 Å². The van der Waals surface area contributed by atoms with Gasteiger partial charge >= 0.3 is 130 Å². The first-order valence-corrected chi connectivity index (χ1v) is 9.39. The van der Waals surface area contributed by atoms with Crippen molar-refractivity contribution in [3.8, 4) is 0 Å². The number of cyclic esters (lactones) is 1. The number of carbonyl (C=O) groups is 1. The summed E-state index contributed by atoms with van der Waals surface area (Å²) in [6.45, 7) is 2.24. The van der Waals surface area contributed by atoms with Crippen LogP contribution in [0.25, 0.3) is 0 Å². The van der Waals surface area contributed by atoms with Crippen molar-refractivity contribution in [2.75, 3.05) is 14.1 Å². The summed E-state index contributed by atoms with van der Waals surface area (Å²) in [5.41, 5.74) is 0. The fourth-order valence-corrected chi connectivity index (χ4v) is 4.89. The molecule has 2 fully saturated rings. The monoisotopic (exact) mass is 342 g/mol. The Morgan fingerprint density at radius 3 is 2.95 bits per heavy atom. The van der Waals surface area contributed by atoms with Gasteiger partial charge in [-0.1, -0.05) is 0 Å². The second-order valence-electron chi connectivity index (χ2n) is 5.65. The molecule has 0 bridgehead atoms. The number of hydrogen-bond acceptors (Lipinski definition) is 3. The van der Waals surface area contributed by atoms with Gasteiger partial charge in [-0.25, -0.2) is 0 Å². The molecule has 0 amide bonds. The Hall–Kier alpha value is -0.0505. The molecule has 0 unspecified atom stereocenters. The summed E-state index contributed by atoms with van der Waals surface area (Å²) in [5, 5.41) is 1.01. The number of carbonyl (C=O) groups excluding carboxylic acids is 1. The number of esters is 1. The Morgan fingerprint density at radius 2 is 2.20 bits per heavy atom. The van der Waals surface area contributed by atoms with Crippen molar-refractivity contribution in [2.45, 2.75) is 50.1 Å². The van der Waals surface area contributed by atoms with Crippen LogP contribution in [0.4, 0.5) is 0 Å². The van der Waals surface area contributed by atoms with Gasteiger partial charge in [0.05, 0.1) is 0 Å². The Morgan fingerprint density at radius 1 is 1.40 bits per heavy atom. The van der Waals surface area contributed by atoms with Gasteiger partial charge in [0.2, 0.25) is 0 Å². The molecule has 2 aliphatic rings. The molecule has 0 N–H and O–H groups in total. The predicted molar refractivity (Wildman–Crippen MR) is 81.4 cm³/mol. The average molecular weight is 341 g/mol. The van der Waals surface area contributed by atoms with Crippen LogP contribution < -0.4 is 0 Å². The third-order valence-electron chi connectivity index (χ3n) is 3.91. The Bertz CT molecular complexity index is 322. The topological polar surface area (TPSA) is 29.5 Å². The minimum atomic E-state index is -0.00677. The summed E-state index contributed by atoms with van der Waals surface area (Å²) in [6, 6.07) is 0.443. The summed E-state index contributed by atoms with van der Waals surface area (Å²) in [4.78, 5) is 15.2. The van der Waals surface area contributed by atoms with E-state index in [9.17, 15) is 4.79 Å². The van der Waals surface area contributed by atoms with E-state index in [0.29, 0.717) is 27.4 Å². The van der Waals surface area contributed by atoms with Gasteiger partial charge in [-0.15, -0.1) is 0 Å². The molecule has 4 heteroatoms. The van der Waals surface area contributed by atoms with E-state index in [-0.39, 0.29) is 12.1 Å². The zero-order chi connectivity index (χ0) is 14.5. The first-order valence-electron chi connectivity index (χ1n) is 7.32. The number of hydrogen-bond donors (Lipinski definition) is 0. The first-order chi connectivity index (χ1) is 9.58. The fourth-order valence-electron chi connectivity index (χ4n) is 2.42. The van der Waals surface area contributed by atoms with Gasteiger partial charge in [0, 0.05) is 0 Å². The fraction of sp³-hybridized carbons (Fsp3) is 0.625. The standard InChI is InChI=1S/C16H24NO2Se/c1-12(17(2)3)14-8-6-9-15(14)20-11-13-7-4-5-10-16(18)19-13/h6,8-9,12-13H,4-5,7,10-11H2,1-3H3/t12-,13-/m1/s1. The summed E-state index contributed by atoms with van der Waals surface area (Å²) < 4.78 is 5.52. The van der Waals surface area contributed by atoms with Crippen LogP contribution in [0.2, 0.25) is 5.32 Å². The number of nitrogens with zero attached hydrogens (tertiary/aromatic N) is 1. The zero-order valence-electron chi connectivity index (χ0n) is 12.6. The second-order valence-corrected chi connectivity index (χ2v) is 7.88.